The van der Waals surface area contributed by atoms with Crippen LogP contribution in [0.1, 0.15) is 97.3 Å². The third-order valence-electron chi connectivity index (χ3n) is 4.99. The minimum Gasteiger partial charge on any atom is -0.507 e. The van der Waals surface area contributed by atoms with Crippen LogP contribution in [0.2, 0.25) is 0 Å². The van der Waals surface area contributed by atoms with Crippen LogP contribution in [0.25, 0.3) is 0 Å². The maximum Gasteiger partial charge on any atom is 0.306 e. The smallest absolute Gasteiger partial charge is 0.306 e. The van der Waals surface area contributed by atoms with Crippen molar-refractivity contribution in [3.8, 4) is 5.75 Å². The second-order valence-corrected chi connectivity index (χ2v) is 11.2. The van der Waals surface area contributed by atoms with E-state index in [1.165, 1.54) is 18.6 Å². The van der Waals surface area contributed by atoms with E-state index in [1.807, 2.05) is 23.9 Å². The van der Waals surface area contributed by atoms with Crippen molar-refractivity contribution in [2.75, 3.05) is 18.1 Å². The number of phenolic OH excluding ortho intramolecular Hbond substituents is 1. The predicted octanol–water partition coefficient (Wildman–Crippen LogP) is 6.78. The molecule has 29 heavy (non-hydrogen) atoms. The fourth-order valence-corrected chi connectivity index (χ4v) is 4.25. The summed E-state index contributed by atoms with van der Waals surface area (Å²) in [6.07, 6.45) is 5.59. The van der Waals surface area contributed by atoms with Crippen molar-refractivity contribution < 1.29 is 14.6 Å². The van der Waals surface area contributed by atoms with E-state index in [9.17, 15) is 9.90 Å². The third kappa shape index (κ3) is 9.46. The van der Waals surface area contributed by atoms with E-state index >= 15 is 0 Å². The Balaban J connectivity index is 2.58. The van der Waals surface area contributed by atoms with Crippen molar-refractivity contribution in [3.05, 3.63) is 28.8 Å². The molecule has 4 heteroatoms. The molecule has 1 rings (SSSR count). The molecule has 0 amide bonds. The van der Waals surface area contributed by atoms with Gasteiger partial charge in [0, 0.05) is 6.42 Å². The van der Waals surface area contributed by atoms with Crippen LogP contribution in [0.3, 0.4) is 0 Å². The van der Waals surface area contributed by atoms with E-state index in [0.29, 0.717) is 25.2 Å². The van der Waals surface area contributed by atoms with E-state index in [2.05, 4.69) is 48.5 Å². The Labute approximate surface area is 183 Å². The number of benzene rings is 1. The molecule has 0 spiro atoms. The van der Waals surface area contributed by atoms with Crippen molar-refractivity contribution >= 4 is 17.7 Å². The van der Waals surface area contributed by atoms with Crippen LogP contribution in [0.4, 0.5) is 0 Å². The molecular formula is C25H42O3S. The molecule has 0 radical (unpaired) electrons. The molecule has 0 bridgehead atoms. The van der Waals surface area contributed by atoms with Crippen molar-refractivity contribution in [1.29, 1.82) is 0 Å². The Kier molecular flexibility index (Phi) is 10.6. The zero-order valence-corrected chi connectivity index (χ0v) is 20.5. The minimum absolute atomic E-state index is 0.133. The quantitative estimate of drug-likeness (QED) is 0.315. The summed E-state index contributed by atoms with van der Waals surface area (Å²) in [6, 6.07) is 4.09. The summed E-state index contributed by atoms with van der Waals surface area (Å²) in [5, 5.41) is 10.8. The lowest BCUT2D eigenvalue weighted by Crippen LogP contribution is -2.18. The number of aryl methyl sites for hydroxylation is 1. The van der Waals surface area contributed by atoms with Gasteiger partial charge < -0.3 is 9.84 Å². The molecule has 0 aliphatic carbocycles. The monoisotopic (exact) mass is 422 g/mol. The predicted molar refractivity (Wildman–Crippen MR) is 126 cm³/mol. The molecule has 1 aromatic carbocycles. The van der Waals surface area contributed by atoms with Gasteiger partial charge in [-0.25, -0.2) is 0 Å². The maximum atomic E-state index is 12.1. The van der Waals surface area contributed by atoms with E-state index in [1.54, 1.807) is 0 Å². The summed E-state index contributed by atoms with van der Waals surface area (Å²) in [5.74, 6) is 2.63. The second kappa shape index (κ2) is 11.9. The number of carbonyl (C=O) groups excluding carboxylic acids is 1. The molecule has 0 atom stereocenters. The van der Waals surface area contributed by atoms with E-state index < -0.39 is 0 Å². The number of thioether (sulfide) groups is 1. The number of aromatic hydroxyl groups is 1. The number of phenols is 1. The van der Waals surface area contributed by atoms with Gasteiger partial charge in [-0.2, -0.15) is 11.8 Å². The second-order valence-electron chi connectivity index (χ2n) is 9.93. The molecule has 166 valence electrons. The highest BCUT2D eigenvalue weighted by Gasteiger charge is 2.26. The summed E-state index contributed by atoms with van der Waals surface area (Å²) < 4.78 is 5.41. The van der Waals surface area contributed by atoms with Crippen LogP contribution in [0, 0.1) is 0 Å². The largest absolute Gasteiger partial charge is 0.507 e. The van der Waals surface area contributed by atoms with E-state index in [4.69, 9.17) is 4.74 Å². The van der Waals surface area contributed by atoms with Gasteiger partial charge in [-0.3, -0.25) is 4.79 Å². The Morgan fingerprint density at radius 2 is 1.52 bits per heavy atom. The van der Waals surface area contributed by atoms with Crippen molar-refractivity contribution in [2.24, 2.45) is 0 Å². The number of ether oxygens (including phenoxy) is 1. The highest BCUT2D eigenvalue weighted by atomic mass is 32.2. The Morgan fingerprint density at radius 1 is 0.966 bits per heavy atom. The molecule has 0 saturated carbocycles. The first-order valence-corrected chi connectivity index (χ1v) is 12.2. The molecule has 0 aliphatic heterocycles. The molecule has 0 aromatic heterocycles. The van der Waals surface area contributed by atoms with Crippen molar-refractivity contribution in [3.63, 3.8) is 0 Å². The summed E-state index contributed by atoms with van der Waals surface area (Å²) in [7, 11) is 0. The van der Waals surface area contributed by atoms with Gasteiger partial charge in [0.25, 0.3) is 0 Å². The third-order valence-corrected chi connectivity index (χ3v) is 6.15. The number of carbonyl (C=O) groups is 1. The van der Waals surface area contributed by atoms with Crippen LogP contribution in [-0.2, 0) is 26.8 Å². The standard InChI is InChI=1S/C25H42O3S/c1-8-9-15-29-16-11-10-14-28-22(26)13-12-19-17-20(24(2,3)4)23(27)21(18-19)25(5,6)7/h17-18,27H,8-16H2,1-7H3. The van der Waals surface area contributed by atoms with E-state index in [0.717, 1.165) is 35.3 Å². The van der Waals surface area contributed by atoms with Gasteiger partial charge in [-0.15, -0.1) is 0 Å². The SMILES string of the molecule is CCCCSCCCCOC(=O)CCc1cc(C(C)(C)C)c(O)c(C(C)(C)C)c1. The molecule has 0 aliphatic rings. The lowest BCUT2D eigenvalue weighted by Gasteiger charge is -2.28. The zero-order valence-electron chi connectivity index (χ0n) is 19.7. The van der Waals surface area contributed by atoms with Gasteiger partial charge in [-0.1, -0.05) is 67.0 Å². The maximum absolute atomic E-state index is 12.1. The molecule has 0 unspecified atom stereocenters. The molecular weight excluding hydrogens is 380 g/mol. The summed E-state index contributed by atoms with van der Waals surface area (Å²) in [6.45, 7) is 15.4. The lowest BCUT2D eigenvalue weighted by atomic mass is 9.78. The van der Waals surface area contributed by atoms with Crippen LogP contribution in [0.5, 0.6) is 5.75 Å². The topological polar surface area (TPSA) is 46.5 Å². The molecule has 1 N–H and O–H groups in total. The van der Waals surface area contributed by atoms with Crippen LogP contribution >= 0.6 is 11.8 Å². The van der Waals surface area contributed by atoms with Crippen LogP contribution in [0.15, 0.2) is 12.1 Å². The van der Waals surface area contributed by atoms with Crippen LogP contribution < -0.4 is 0 Å². The first-order chi connectivity index (χ1) is 13.5. The lowest BCUT2D eigenvalue weighted by molar-refractivity contribution is -0.143. The highest BCUT2D eigenvalue weighted by Crippen LogP contribution is 2.40. The van der Waals surface area contributed by atoms with Gasteiger partial charge in [0.15, 0.2) is 0 Å². The number of esters is 1. The van der Waals surface area contributed by atoms with Gasteiger partial charge in [0.2, 0.25) is 0 Å². The number of unbranched alkanes of at least 4 members (excludes halogenated alkanes) is 2. The van der Waals surface area contributed by atoms with Crippen molar-refractivity contribution in [1.82, 2.24) is 0 Å². The van der Waals surface area contributed by atoms with Gasteiger partial charge in [0.05, 0.1) is 6.61 Å². The summed E-state index contributed by atoms with van der Waals surface area (Å²) in [5.41, 5.74) is 2.65. The fourth-order valence-electron chi connectivity index (χ4n) is 3.14. The van der Waals surface area contributed by atoms with E-state index in [-0.39, 0.29) is 16.8 Å². The summed E-state index contributed by atoms with van der Waals surface area (Å²) >= 11 is 1.99. The Bertz CT molecular complexity index is 603. The first kappa shape index (κ1) is 25.9. The average molecular weight is 423 g/mol. The molecule has 0 saturated heterocycles. The summed E-state index contributed by atoms with van der Waals surface area (Å²) in [4.78, 5) is 12.1. The number of hydrogen-bond donors (Lipinski definition) is 1. The average Bonchev–Trinajstić information content (AvgIpc) is 2.61. The minimum atomic E-state index is -0.157. The molecule has 1 aromatic rings. The Morgan fingerprint density at radius 3 is 2.03 bits per heavy atom. The van der Waals surface area contributed by atoms with Crippen molar-refractivity contribution in [2.45, 2.75) is 97.8 Å². The fraction of sp³-hybridized carbons (Fsp3) is 0.720. The zero-order chi connectivity index (χ0) is 22.1. The van der Waals surface area contributed by atoms with Gasteiger partial charge in [-0.05, 0) is 64.7 Å². The highest BCUT2D eigenvalue weighted by molar-refractivity contribution is 7.99. The number of hydrogen-bond acceptors (Lipinski definition) is 4. The normalized spacial score (nSPS) is 12.2. The van der Waals surface area contributed by atoms with Gasteiger partial charge in [0.1, 0.15) is 5.75 Å². The van der Waals surface area contributed by atoms with Crippen LogP contribution in [-0.4, -0.2) is 29.2 Å². The Hall–Kier alpha value is -1.16. The first-order valence-electron chi connectivity index (χ1n) is 11.1. The van der Waals surface area contributed by atoms with Gasteiger partial charge >= 0.3 is 5.97 Å². The molecule has 3 nitrogen and oxygen atoms in total. The molecule has 0 heterocycles. The molecule has 0 fully saturated rings. The number of rotatable bonds is 11.